The van der Waals surface area contributed by atoms with Gasteiger partial charge in [0.05, 0.1) is 24.3 Å². The van der Waals surface area contributed by atoms with Gasteiger partial charge in [0, 0.05) is 5.56 Å². The summed E-state index contributed by atoms with van der Waals surface area (Å²) >= 11 is 0. The average molecular weight is 370 g/mol. The van der Waals surface area contributed by atoms with Gasteiger partial charge in [0.15, 0.2) is 6.04 Å². The van der Waals surface area contributed by atoms with Gasteiger partial charge in [-0.15, -0.1) is 5.10 Å². The quantitative estimate of drug-likeness (QED) is 0.889. The zero-order valence-corrected chi connectivity index (χ0v) is 15.0. The molecule has 2 aromatic rings. The van der Waals surface area contributed by atoms with Crippen molar-refractivity contribution in [1.29, 1.82) is 0 Å². The second-order valence-electron chi connectivity index (χ2n) is 7.45. The van der Waals surface area contributed by atoms with E-state index in [2.05, 4.69) is 15.5 Å². The highest BCUT2D eigenvalue weighted by Gasteiger charge is 2.37. The van der Waals surface area contributed by atoms with E-state index in [1.165, 1.54) is 12.1 Å². The molecule has 1 aliphatic rings. The number of quaternary nitrogens is 1. The molecule has 1 aromatic carbocycles. The zero-order chi connectivity index (χ0) is 18.9. The first-order chi connectivity index (χ1) is 12.2. The van der Waals surface area contributed by atoms with E-state index < -0.39 is 17.8 Å². The molecule has 26 heavy (non-hydrogen) atoms. The van der Waals surface area contributed by atoms with Gasteiger partial charge < -0.3 is 9.64 Å². The van der Waals surface area contributed by atoms with E-state index in [0.717, 1.165) is 11.0 Å². The molecule has 1 fully saturated rings. The van der Waals surface area contributed by atoms with Crippen LogP contribution >= 0.6 is 0 Å². The van der Waals surface area contributed by atoms with Crippen molar-refractivity contribution in [2.75, 3.05) is 26.3 Å². The summed E-state index contributed by atoms with van der Waals surface area (Å²) in [5.74, 6) is 0.564. The lowest BCUT2D eigenvalue weighted by atomic mass is 9.99. The second kappa shape index (κ2) is 6.96. The highest BCUT2D eigenvalue weighted by Crippen LogP contribution is 2.31. The predicted molar refractivity (Wildman–Crippen MR) is 87.6 cm³/mol. The van der Waals surface area contributed by atoms with Crippen LogP contribution in [0.5, 0.6) is 0 Å². The fourth-order valence-corrected chi connectivity index (χ4v) is 3.24. The van der Waals surface area contributed by atoms with Crippen LogP contribution in [0, 0.1) is 0 Å². The predicted octanol–water partition coefficient (Wildman–Crippen LogP) is 1.45. The number of ether oxygens (including phenoxy) is 1. The lowest BCUT2D eigenvalue weighted by molar-refractivity contribution is -0.933. The van der Waals surface area contributed by atoms with Crippen LogP contribution in [-0.4, -0.2) is 46.5 Å². The van der Waals surface area contributed by atoms with E-state index in [4.69, 9.17) is 4.74 Å². The van der Waals surface area contributed by atoms with Crippen LogP contribution in [0.3, 0.4) is 0 Å². The standard InChI is InChI=1S/C17H22F3N5O/c1-16(2,3)25-15(21-22-23-25)14(24-7-9-26-10-8-24)12-5-4-6-13(11-12)17(18,19)20/h4-6,11,14H,7-10H2,1-3H3/p+1/t14-/m1/s1. The smallest absolute Gasteiger partial charge is 0.370 e. The van der Waals surface area contributed by atoms with E-state index in [1.807, 2.05) is 20.8 Å². The van der Waals surface area contributed by atoms with Crippen molar-refractivity contribution >= 4 is 0 Å². The monoisotopic (exact) mass is 370 g/mol. The molecule has 6 nitrogen and oxygen atoms in total. The number of nitrogens with zero attached hydrogens (tertiary/aromatic N) is 4. The summed E-state index contributed by atoms with van der Waals surface area (Å²) in [6, 6.07) is 5.05. The fourth-order valence-electron chi connectivity index (χ4n) is 3.24. The molecular formula is C17H23F3N5O+. The van der Waals surface area contributed by atoms with Crippen molar-refractivity contribution in [3.63, 3.8) is 0 Å². The highest BCUT2D eigenvalue weighted by molar-refractivity contribution is 5.30. The normalized spacial score (nSPS) is 18.1. The Bertz CT molecular complexity index is 747. The Balaban J connectivity index is 2.10. The first-order valence-electron chi connectivity index (χ1n) is 8.56. The van der Waals surface area contributed by atoms with Gasteiger partial charge in [0.1, 0.15) is 13.1 Å². The minimum Gasteiger partial charge on any atom is -0.370 e. The molecule has 1 N–H and O–H groups in total. The summed E-state index contributed by atoms with van der Waals surface area (Å²) in [6.45, 7) is 8.36. The van der Waals surface area contributed by atoms with E-state index in [1.54, 1.807) is 10.7 Å². The molecule has 9 heteroatoms. The SMILES string of the molecule is CC(C)(C)n1nnnc1[C@@H](c1cccc(C(F)(F)F)c1)[NH+]1CCOCC1. The molecule has 0 saturated carbocycles. The van der Waals surface area contributed by atoms with Crippen molar-refractivity contribution in [2.24, 2.45) is 0 Å². The summed E-state index contributed by atoms with van der Waals surface area (Å²) in [6.07, 6.45) is -4.39. The number of aromatic nitrogens is 4. The first-order valence-corrected chi connectivity index (χ1v) is 8.56. The van der Waals surface area contributed by atoms with Gasteiger partial charge in [0.25, 0.3) is 0 Å². The third-order valence-corrected chi connectivity index (χ3v) is 4.48. The Morgan fingerprint density at radius 2 is 1.85 bits per heavy atom. The summed E-state index contributed by atoms with van der Waals surface area (Å²) in [4.78, 5) is 1.09. The summed E-state index contributed by atoms with van der Waals surface area (Å²) in [7, 11) is 0. The zero-order valence-electron chi connectivity index (χ0n) is 15.0. The van der Waals surface area contributed by atoms with Crippen molar-refractivity contribution in [3.05, 3.63) is 41.2 Å². The molecule has 1 saturated heterocycles. The highest BCUT2D eigenvalue weighted by atomic mass is 19.4. The molecular weight excluding hydrogens is 347 g/mol. The molecule has 1 atom stereocenters. The number of hydrogen-bond donors (Lipinski definition) is 1. The average Bonchev–Trinajstić information content (AvgIpc) is 3.05. The van der Waals surface area contributed by atoms with Crippen LogP contribution < -0.4 is 4.90 Å². The number of halogens is 3. The van der Waals surface area contributed by atoms with Gasteiger partial charge in [0.2, 0.25) is 5.82 Å². The van der Waals surface area contributed by atoms with E-state index in [0.29, 0.717) is 37.7 Å². The molecule has 1 aliphatic heterocycles. The molecule has 2 heterocycles. The minimum absolute atomic E-state index is 0.384. The Labute approximate surface area is 149 Å². The summed E-state index contributed by atoms with van der Waals surface area (Å²) < 4.78 is 46.8. The van der Waals surface area contributed by atoms with Crippen LogP contribution in [0.2, 0.25) is 0 Å². The molecule has 0 unspecified atom stereocenters. The maximum atomic E-state index is 13.2. The maximum Gasteiger partial charge on any atom is 0.416 e. The van der Waals surface area contributed by atoms with Crippen LogP contribution in [0.15, 0.2) is 24.3 Å². The summed E-state index contributed by atoms with van der Waals surface area (Å²) in [5, 5.41) is 12.1. The van der Waals surface area contributed by atoms with Gasteiger partial charge in [-0.3, -0.25) is 0 Å². The number of benzene rings is 1. The molecule has 0 radical (unpaired) electrons. The third-order valence-electron chi connectivity index (χ3n) is 4.48. The van der Waals surface area contributed by atoms with Crippen molar-refractivity contribution in [1.82, 2.24) is 20.2 Å². The molecule has 0 amide bonds. The maximum absolute atomic E-state index is 13.2. The molecule has 0 spiro atoms. The van der Waals surface area contributed by atoms with Gasteiger partial charge >= 0.3 is 6.18 Å². The van der Waals surface area contributed by atoms with Gasteiger partial charge in [-0.1, -0.05) is 12.1 Å². The largest absolute Gasteiger partial charge is 0.416 e. The van der Waals surface area contributed by atoms with Crippen LogP contribution in [0.4, 0.5) is 13.2 Å². The second-order valence-corrected chi connectivity index (χ2v) is 7.45. The molecule has 0 bridgehead atoms. The van der Waals surface area contributed by atoms with Crippen LogP contribution in [0.1, 0.15) is 43.8 Å². The van der Waals surface area contributed by atoms with Gasteiger partial charge in [-0.2, -0.15) is 13.2 Å². The Morgan fingerprint density at radius 3 is 2.46 bits per heavy atom. The third kappa shape index (κ3) is 3.88. The number of tetrazole rings is 1. The lowest BCUT2D eigenvalue weighted by Gasteiger charge is -2.32. The molecule has 3 rings (SSSR count). The Kier molecular flexibility index (Phi) is 5.03. The number of nitrogens with one attached hydrogen (secondary N) is 1. The lowest BCUT2D eigenvalue weighted by Crippen LogP contribution is -3.14. The van der Waals surface area contributed by atoms with E-state index in [9.17, 15) is 13.2 Å². The number of morpholine rings is 1. The van der Waals surface area contributed by atoms with Gasteiger partial charge in [-0.25, -0.2) is 4.68 Å². The Hall–Kier alpha value is -2.00. The number of rotatable bonds is 3. The van der Waals surface area contributed by atoms with E-state index >= 15 is 0 Å². The minimum atomic E-state index is -4.39. The number of alkyl halides is 3. The van der Waals surface area contributed by atoms with Gasteiger partial charge in [-0.05, 0) is 43.3 Å². The summed E-state index contributed by atoms with van der Waals surface area (Å²) in [5.41, 5.74) is -0.496. The molecule has 0 aliphatic carbocycles. The van der Waals surface area contributed by atoms with Crippen molar-refractivity contribution in [3.8, 4) is 0 Å². The van der Waals surface area contributed by atoms with Crippen LogP contribution in [-0.2, 0) is 16.5 Å². The van der Waals surface area contributed by atoms with Crippen LogP contribution in [0.25, 0.3) is 0 Å². The fraction of sp³-hybridized carbons (Fsp3) is 0.588. The topological polar surface area (TPSA) is 57.3 Å². The Morgan fingerprint density at radius 1 is 1.15 bits per heavy atom. The van der Waals surface area contributed by atoms with Crippen molar-refractivity contribution < 1.29 is 22.8 Å². The molecule has 142 valence electrons. The number of hydrogen-bond acceptors (Lipinski definition) is 4. The first kappa shape index (κ1) is 18.8. The van der Waals surface area contributed by atoms with E-state index in [-0.39, 0.29) is 5.54 Å². The van der Waals surface area contributed by atoms with Crippen molar-refractivity contribution in [2.45, 2.75) is 38.5 Å². The molecule has 1 aromatic heterocycles.